The molecule has 0 atom stereocenters. The molecule has 0 aliphatic rings. The molecule has 8 nitrogen and oxygen atoms in total. The average molecular weight is 455 g/mol. The van der Waals surface area contributed by atoms with E-state index in [1.165, 1.54) is 55.6 Å². The Morgan fingerprint density at radius 1 is 1.00 bits per heavy atom. The minimum absolute atomic E-state index is 0.0707. The lowest BCUT2D eigenvalue weighted by Crippen LogP contribution is -2.22. The molecule has 1 aromatic heterocycles. The second-order valence-corrected chi connectivity index (χ2v) is 7.67. The quantitative estimate of drug-likeness (QED) is 0.492. The highest BCUT2D eigenvalue weighted by molar-refractivity contribution is 7.14. The van der Waals surface area contributed by atoms with Crippen LogP contribution in [-0.2, 0) is 20.9 Å². The molecule has 1 heterocycles. The van der Waals surface area contributed by atoms with Gasteiger partial charge < -0.3 is 14.2 Å². The molecule has 0 unspecified atom stereocenters. The summed E-state index contributed by atoms with van der Waals surface area (Å²) in [5.41, 5.74) is 2.67. The maximum atomic E-state index is 12.3. The van der Waals surface area contributed by atoms with E-state index in [4.69, 9.17) is 14.2 Å². The van der Waals surface area contributed by atoms with Gasteiger partial charge >= 0.3 is 11.9 Å². The number of rotatable bonds is 7. The number of esters is 2. The summed E-state index contributed by atoms with van der Waals surface area (Å²) in [5, 5.41) is 2.30. The minimum atomic E-state index is -0.605. The number of hydrogen-bond acceptors (Lipinski definition) is 8. The normalized spacial score (nSPS) is 10.4. The number of hydrogen-bond donors (Lipinski definition) is 0. The summed E-state index contributed by atoms with van der Waals surface area (Å²) in [6, 6.07) is 11.9. The zero-order valence-electron chi connectivity index (χ0n) is 18.1. The molecule has 3 aromatic rings. The first-order chi connectivity index (χ1) is 15.3. The smallest absolute Gasteiger partial charge is 0.338 e. The molecule has 0 saturated heterocycles. The van der Waals surface area contributed by atoms with Crippen molar-refractivity contribution in [2.45, 2.75) is 20.5 Å². The zero-order valence-corrected chi connectivity index (χ0v) is 18.9. The van der Waals surface area contributed by atoms with E-state index < -0.39 is 11.9 Å². The summed E-state index contributed by atoms with van der Waals surface area (Å²) in [6.07, 6.45) is 0. The van der Waals surface area contributed by atoms with Crippen LogP contribution in [-0.4, -0.2) is 37.0 Å². The number of carbonyl (C=O) groups excluding carboxylic acids is 3. The van der Waals surface area contributed by atoms with Gasteiger partial charge in [-0.1, -0.05) is 12.1 Å². The molecule has 2 aromatic carbocycles. The fourth-order valence-electron chi connectivity index (χ4n) is 2.97. The zero-order chi connectivity index (χ0) is 23.3. The third kappa shape index (κ3) is 5.30. The number of aromatic nitrogens is 1. The maximum Gasteiger partial charge on any atom is 0.338 e. The number of carbonyl (C=O) groups is 3. The lowest BCUT2D eigenvalue weighted by molar-refractivity contribution is -0.115. The molecular weight excluding hydrogens is 432 g/mol. The number of benzene rings is 2. The van der Waals surface area contributed by atoms with Crippen LogP contribution in [0.25, 0.3) is 0 Å². The summed E-state index contributed by atoms with van der Waals surface area (Å²) in [7, 11) is 2.50. The van der Waals surface area contributed by atoms with Gasteiger partial charge in [0.25, 0.3) is 0 Å². The first-order valence-corrected chi connectivity index (χ1v) is 10.5. The van der Waals surface area contributed by atoms with Gasteiger partial charge in [0.1, 0.15) is 12.4 Å². The Balaban J connectivity index is 1.82. The van der Waals surface area contributed by atoms with Crippen molar-refractivity contribution in [3.8, 4) is 5.75 Å². The van der Waals surface area contributed by atoms with E-state index in [-0.39, 0.29) is 29.4 Å². The van der Waals surface area contributed by atoms with E-state index in [2.05, 4.69) is 4.98 Å². The molecule has 1 amide bonds. The first kappa shape index (κ1) is 23.0. The second kappa shape index (κ2) is 10.1. The molecule has 3 rings (SSSR count). The van der Waals surface area contributed by atoms with Gasteiger partial charge in [0.15, 0.2) is 5.13 Å². The summed E-state index contributed by atoms with van der Waals surface area (Å²) >= 11 is 1.31. The Labute approximate surface area is 189 Å². The third-order valence-corrected chi connectivity index (χ3v) is 5.32. The van der Waals surface area contributed by atoms with E-state index in [0.717, 1.165) is 11.3 Å². The topological polar surface area (TPSA) is 95.0 Å². The first-order valence-electron chi connectivity index (χ1n) is 9.58. The fraction of sp³-hybridized carbons (Fsp3) is 0.217. The van der Waals surface area contributed by atoms with E-state index in [1.54, 1.807) is 5.38 Å². The lowest BCUT2D eigenvalue weighted by Gasteiger charge is -2.18. The standard InChI is InChI=1S/C23H22N2O6S/c1-14-6-5-7-19(8-14)25(15(2)26)23-24-18(13-32-23)12-31-20-10-16(21(27)29-3)9-17(11-20)22(28)30-4/h5-11,13H,12H2,1-4H3. The van der Waals surface area contributed by atoms with Gasteiger partial charge in [-0.25, -0.2) is 14.6 Å². The number of ether oxygens (including phenoxy) is 3. The molecule has 0 bridgehead atoms. The van der Waals surface area contributed by atoms with E-state index in [9.17, 15) is 14.4 Å². The lowest BCUT2D eigenvalue weighted by atomic mass is 10.1. The number of aryl methyl sites for hydroxylation is 1. The van der Waals surface area contributed by atoms with Crippen LogP contribution in [0.5, 0.6) is 5.75 Å². The Hall–Kier alpha value is -3.72. The molecule has 32 heavy (non-hydrogen) atoms. The van der Waals surface area contributed by atoms with Gasteiger partial charge in [0, 0.05) is 12.3 Å². The van der Waals surface area contributed by atoms with Crippen LogP contribution < -0.4 is 9.64 Å². The van der Waals surface area contributed by atoms with Gasteiger partial charge in [-0.15, -0.1) is 11.3 Å². The molecule has 0 fully saturated rings. The van der Waals surface area contributed by atoms with Crippen molar-refractivity contribution in [2.24, 2.45) is 0 Å². The molecule has 0 N–H and O–H groups in total. The average Bonchev–Trinajstić information content (AvgIpc) is 3.24. The summed E-state index contributed by atoms with van der Waals surface area (Å²) in [4.78, 5) is 42.2. The predicted molar refractivity (Wildman–Crippen MR) is 120 cm³/mol. The van der Waals surface area contributed by atoms with Crippen LogP contribution in [0.4, 0.5) is 10.8 Å². The van der Waals surface area contributed by atoms with Crippen molar-refractivity contribution in [3.63, 3.8) is 0 Å². The number of anilines is 2. The molecular formula is C23H22N2O6S. The Morgan fingerprint density at radius 3 is 2.22 bits per heavy atom. The summed E-state index contributed by atoms with van der Waals surface area (Å²) in [5.74, 6) is -1.09. The fourth-order valence-corrected chi connectivity index (χ4v) is 3.84. The monoisotopic (exact) mass is 454 g/mol. The highest BCUT2D eigenvalue weighted by atomic mass is 32.1. The van der Waals surface area contributed by atoms with E-state index >= 15 is 0 Å². The SMILES string of the molecule is COC(=O)c1cc(OCc2csc(N(C(C)=O)c3cccc(C)c3)n2)cc(C(=O)OC)c1. The molecule has 0 aliphatic carbocycles. The largest absolute Gasteiger partial charge is 0.487 e. The highest BCUT2D eigenvalue weighted by Gasteiger charge is 2.19. The van der Waals surface area contributed by atoms with Crippen molar-refractivity contribution in [1.82, 2.24) is 4.98 Å². The Bertz CT molecular complexity index is 1120. The van der Waals surface area contributed by atoms with Gasteiger partial charge in [-0.3, -0.25) is 9.69 Å². The molecule has 0 spiro atoms. The minimum Gasteiger partial charge on any atom is -0.487 e. The van der Waals surface area contributed by atoms with Crippen LogP contribution in [0.1, 0.15) is 38.9 Å². The van der Waals surface area contributed by atoms with Crippen molar-refractivity contribution >= 4 is 40.0 Å². The Morgan fingerprint density at radius 2 is 1.66 bits per heavy atom. The highest BCUT2D eigenvalue weighted by Crippen LogP contribution is 2.30. The molecule has 0 radical (unpaired) electrons. The summed E-state index contributed by atoms with van der Waals surface area (Å²) < 4.78 is 15.2. The van der Waals surface area contributed by atoms with Crippen molar-refractivity contribution in [2.75, 3.05) is 19.1 Å². The van der Waals surface area contributed by atoms with Crippen LogP contribution in [0, 0.1) is 6.92 Å². The Kier molecular flexibility index (Phi) is 7.21. The van der Waals surface area contributed by atoms with Gasteiger partial charge in [0.05, 0.1) is 36.7 Å². The van der Waals surface area contributed by atoms with Gasteiger partial charge in [0.2, 0.25) is 5.91 Å². The second-order valence-electron chi connectivity index (χ2n) is 6.83. The maximum absolute atomic E-state index is 12.3. The molecule has 0 saturated carbocycles. The van der Waals surface area contributed by atoms with Gasteiger partial charge in [-0.2, -0.15) is 0 Å². The van der Waals surface area contributed by atoms with Crippen molar-refractivity contribution < 1.29 is 28.6 Å². The van der Waals surface area contributed by atoms with Crippen LogP contribution in [0.2, 0.25) is 0 Å². The predicted octanol–water partition coefficient (Wildman–Crippen LogP) is 4.29. The molecule has 166 valence electrons. The van der Waals surface area contributed by atoms with E-state index in [1.807, 2.05) is 31.2 Å². The van der Waals surface area contributed by atoms with Crippen LogP contribution in [0.3, 0.4) is 0 Å². The number of thiazole rings is 1. The van der Waals surface area contributed by atoms with Crippen molar-refractivity contribution in [1.29, 1.82) is 0 Å². The van der Waals surface area contributed by atoms with Crippen LogP contribution in [0.15, 0.2) is 47.8 Å². The molecule has 9 heteroatoms. The summed E-state index contributed by atoms with van der Waals surface area (Å²) in [6.45, 7) is 3.50. The van der Waals surface area contributed by atoms with Gasteiger partial charge in [-0.05, 0) is 42.8 Å². The number of amides is 1. The van der Waals surface area contributed by atoms with E-state index in [0.29, 0.717) is 10.8 Å². The van der Waals surface area contributed by atoms with Crippen molar-refractivity contribution in [3.05, 3.63) is 70.2 Å². The molecule has 0 aliphatic heterocycles. The number of methoxy groups -OCH3 is 2. The number of nitrogens with zero attached hydrogens (tertiary/aromatic N) is 2. The van der Waals surface area contributed by atoms with Crippen LogP contribution >= 0.6 is 11.3 Å². The third-order valence-electron chi connectivity index (χ3n) is 4.44.